The van der Waals surface area contributed by atoms with Gasteiger partial charge in [-0.1, -0.05) is 0 Å². The van der Waals surface area contributed by atoms with Crippen LogP contribution in [0.1, 0.15) is 38.0 Å². The maximum Gasteiger partial charge on any atom is 0.317 e. The maximum absolute atomic E-state index is 12.6. The molecular formula is C18H29N3O3. The molecule has 1 aromatic rings. The summed E-state index contributed by atoms with van der Waals surface area (Å²) in [5.74, 6) is 1.40. The van der Waals surface area contributed by atoms with Crippen molar-refractivity contribution in [2.24, 2.45) is 5.92 Å². The van der Waals surface area contributed by atoms with Crippen molar-refractivity contribution in [3.63, 3.8) is 0 Å². The van der Waals surface area contributed by atoms with Crippen molar-refractivity contribution in [1.82, 2.24) is 15.1 Å². The molecule has 0 aliphatic carbocycles. The van der Waals surface area contributed by atoms with Crippen molar-refractivity contribution in [2.75, 3.05) is 45.9 Å². The van der Waals surface area contributed by atoms with Crippen molar-refractivity contribution in [3.05, 3.63) is 24.2 Å². The van der Waals surface area contributed by atoms with E-state index in [9.17, 15) is 4.79 Å². The van der Waals surface area contributed by atoms with Crippen LogP contribution in [-0.2, 0) is 4.74 Å². The van der Waals surface area contributed by atoms with Crippen LogP contribution in [0.3, 0.4) is 0 Å². The molecule has 3 heterocycles. The Bertz CT molecular complexity index is 494. The lowest BCUT2D eigenvalue weighted by molar-refractivity contribution is 0.161. The summed E-state index contributed by atoms with van der Waals surface area (Å²) < 4.78 is 11.0. The number of ether oxygens (including phenoxy) is 1. The Morgan fingerprint density at radius 3 is 2.92 bits per heavy atom. The van der Waals surface area contributed by atoms with Crippen LogP contribution in [0.15, 0.2) is 22.8 Å². The fraction of sp³-hybridized carbons (Fsp3) is 0.722. The molecule has 2 fully saturated rings. The van der Waals surface area contributed by atoms with Crippen LogP contribution in [0.4, 0.5) is 4.79 Å². The van der Waals surface area contributed by atoms with Gasteiger partial charge in [-0.2, -0.15) is 0 Å². The molecule has 0 saturated carbocycles. The van der Waals surface area contributed by atoms with Crippen molar-refractivity contribution >= 4 is 6.03 Å². The first kappa shape index (κ1) is 17.3. The van der Waals surface area contributed by atoms with Crippen LogP contribution in [0.2, 0.25) is 0 Å². The molecule has 1 aromatic heterocycles. The van der Waals surface area contributed by atoms with Gasteiger partial charge >= 0.3 is 6.03 Å². The zero-order valence-electron chi connectivity index (χ0n) is 14.6. The molecule has 2 amide bonds. The highest BCUT2D eigenvalue weighted by Gasteiger charge is 2.27. The molecule has 2 atom stereocenters. The van der Waals surface area contributed by atoms with Gasteiger partial charge in [0.05, 0.1) is 18.9 Å². The monoisotopic (exact) mass is 335 g/mol. The van der Waals surface area contributed by atoms with Gasteiger partial charge in [-0.05, 0) is 51.4 Å². The van der Waals surface area contributed by atoms with Crippen LogP contribution < -0.4 is 5.32 Å². The summed E-state index contributed by atoms with van der Waals surface area (Å²) >= 11 is 0. The second-order valence-electron chi connectivity index (χ2n) is 6.73. The van der Waals surface area contributed by atoms with Gasteiger partial charge in [0, 0.05) is 32.2 Å². The molecule has 3 rings (SSSR count). The van der Waals surface area contributed by atoms with E-state index in [1.807, 2.05) is 24.0 Å². The number of likely N-dealkylation sites (tertiary alicyclic amines) is 1. The van der Waals surface area contributed by atoms with Crippen molar-refractivity contribution in [2.45, 2.75) is 32.2 Å². The number of carbonyl (C=O) groups is 1. The zero-order valence-corrected chi connectivity index (χ0v) is 14.6. The lowest BCUT2D eigenvalue weighted by Gasteiger charge is -2.28. The highest BCUT2D eigenvalue weighted by atomic mass is 16.5. The molecule has 2 aliphatic heterocycles. The Kier molecular flexibility index (Phi) is 6.15. The van der Waals surface area contributed by atoms with Gasteiger partial charge in [-0.3, -0.25) is 4.90 Å². The van der Waals surface area contributed by atoms with Gasteiger partial charge in [0.1, 0.15) is 5.76 Å². The number of amides is 2. The molecule has 0 radical (unpaired) electrons. The predicted octanol–water partition coefficient (Wildman–Crippen LogP) is 2.48. The molecule has 134 valence electrons. The third kappa shape index (κ3) is 4.30. The van der Waals surface area contributed by atoms with Crippen molar-refractivity contribution in [1.29, 1.82) is 0 Å². The maximum atomic E-state index is 12.6. The minimum atomic E-state index is 0.0140. The Labute approximate surface area is 144 Å². The van der Waals surface area contributed by atoms with Crippen molar-refractivity contribution < 1.29 is 13.9 Å². The van der Waals surface area contributed by atoms with Crippen LogP contribution in [-0.4, -0.2) is 61.8 Å². The average molecular weight is 335 g/mol. The first-order valence-electron chi connectivity index (χ1n) is 9.16. The lowest BCUT2D eigenvalue weighted by Crippen LogP contribution is -2.45. The molecule has 0 aromatic carbocycles. The fourth-order valence-corrected chi connectivity index (χ4v) is 3.63. The summed E-state index contributed by atoms with van der Waals surface area (Å²) in [6.07, 6.45) is 5.19. The Balaban J connectivity index is 1.55. The second-order valence-corrected chi connectivity index (χ2v) is 6.73. The number of nitrogens with one attached hydrogen (secondary N) is 1. The Morgan fingerprint density at radius 2 is 2.29 bits per heavy atom. The number of nitrogens with zero attached hydrogens (tertiary/aromatic N) is 2. The Hall–Kier alpha value is -1.53. The summed E-state index contributed by atoms with van der Waals surface area (Å²) in [6.45, 7) is 7.83. The smallest absolute Gasteiger partial charge is 0.317 e. The fourth-order valence-electron chi connectivity index (χ4n) is 3.63. The van der Waals surface area contributed by atoms with E-state index in [0.29, 0.717) is 12.5 Å². The molecule has 24 heavy (non-hydrogen) atoms. The van der Waals surface area contributed by atoms with Crippen molar-refractivity contribution in [3.8, 4) is 0 Å². The lowest BCUT2D eigenvalue weighted by atomic mass is 10.1. The number of hydrogen-bond donors (Lipinski definition) is 1. The number of furan rings is 1. The van der Waals surface area contributed by atoms with Gasteiger partial charge in [-0.25, -0.2) is 4.79 Å². The van der Waals surface area contributed by atoms with E-state index in [2.05, 4.69) is 10.2 Å². The van der Waals surface area contributed by atoms with E-state index in [1.165, 1.54) is 12.8 Å². The molecule has 2 aliphatic rings. The highest BCUT2D eigenvalue weighted by molar-refractivity contribution is 5.74. The SMILES string of the molecule is CCN(C[C@@H]1CCOC1)C(=O)NC[C@@H](c1ccco1)N1CCCC1. The first-order valence-corrected chi connectivity index (χ1v) is 9.16. The first-order chi connectivity index (χ1) is 11.8. The number of carbonyl (C=O) groups excluding carboxylic acids is 1. The molecule has 2 saturated heterocycles. The number of urea groups is 1. The summed E-state index contributed by atoms with van der Waals surface area (Å²) in [5, 5.41) is 3.12. The second kappa shape index (κ2) is 8.53. The quantitative estimate of drug-likeness (QED) is 0.832. The summed E-state index contributed by atoms with van der Waals surface area (Å²) in [4.78, 5) is 16.9. The number of hydrogen-bond acceptors (Lipinski definition) is 4. The molecule has 0 unspecified atom stereocenters. The van der Waals surface area contributed by atoms with E-state index in [-0.39, 0.29) is 12.1 Å². The van der Waals surface area contributed by atoms with E-state index in [4.69, 9.17) is 9.15 Å². The molecule has 0 bridgehead atoms. The molecular weight excluding hydrogens is 306 g/mol. The normalized spacial score (nSPS) is 22.6. The zero-order chi connectivity index (χ0) is 16.8. The average Bonchev–Trinajstić information content (AvgIpc) is 3.34. The minimum Gasteiger partial charge on any atom is -0.468 e. The van der Waals surface area contributed by atoms with Crippen LogP contribution >= 0.6 is 0 Å². The standard InChI is InChI=1S/C18H29N3O3/c1-2-20(13-15-7-11-23-14-15)18(22)19-12-16(17-6-5-10-24-17)21-8-3-4-9-21/h5-6,10,15-16H,2-4,7-9,11-14H2,1H3,(H,19,22)/t15-,16-/m0/s1. The topological polar surface area (TPSA) is 58.0 Å². The minimum absolute atomic E-state index is 0.0140. The van der Waals surface area contributed by atoms with E-state index >= 15 is 0 Å². The molecule has 6 heteroatoms. The largest absolute Gasteiger partial charge is 0.468 e. The van der Waals surface area contributed by atoms with E-state index in [0.717, 1.165) is 51.6 Å². The molecule has 1 N–H and O–H groups in total. The number of rotatable bonds is 7. The van der Waals surface area contributed by atoms with E-state index in [1.54, 1.807) is 6.26 Å². The van der Waals surface area contributed by atoms with Crippen LogP contribution in [0.5, 0.6) is 0 Å². The summed E-state index contributed by atoms with van der Waals surface area (Å²) in [6, 6.07) is 4.06. The van der Waals surface area contributed by atoms with Crippen LogP contribution in [0.25, 0.3) is 0 Å². The molecule has 6 nitrogen and oxygen atoms in total. The third-order valence-electron chi connectivity index (χ3n) is 5.07. The van der Waals surface area contributed by atoms with Gasteiger partial charge in [-0.15, -0.1) is 0 Å². The third-order valence-corrected chi connectivity index (χ3v) is 5.07. The van der Waals surface area contributed by atoms with Gasteiger partial charge in [0.15, 0.2) is 0 Å². The molecule has 0 spiro atoms. The Morgan fingerprint density at radius 1 is 1.46 bits per heavy atom. The summed E-state index contributed by atoms with van der Waals surface area (Å²) in [7, 11) is 0. The van der Waals surface area contributed by atoms with Crippen LogP contribution in [0, 0.1) is 5.92 Å². The van der Waals surface area contributed by atoms with E-state index < -0.39 is 0 Å². The van der Waals surface area contributed by atoms with Gasteiger partial charge in [0.25, 0.3) is 0 Å². The predicted molar refractivity (Wildman–Crippen MR) is 91.8 cm³/mol. The van der Waals surface area contributed by atoms with Gasteiger partial charge < -0.3 is 19.4 Å². The van der Waals surface area contributed by atoms with Gasteiger partial charge in [0.2, 0.25) is 0 Å². The summed E-state index contributed by atoms with van der Waals surface area (Å²) in [5.41, 5.74) is 0. The highest BCUT2D eigenvalue weighted by Crippen LogP contribution is 2.25.